The minimum absolute atomic E-state index is 0.235. The number of carbonyl (C=O) groups is 1. The molecular formula is C24H26N2O5S. The van der Waals surface area contributed by atoms with Gasteiger partial charge in [0.15, 0.2) is 11.5 Å². The zero-order chi connectivity index (χ0) is 22.9. The minimum Gasteiger partial charge on any atom is -0.493 e. The van der Waals surface area contributed by atoms with Gasteiger partial charge in [0.05, 0.1) is 30.3 Å². The third kappa shape index (κ3) is 3.86. The Labute approximate surface area is 188 Å². The molecule has 1 amide bonds. The lowest BCUT2D eigenvalue weighted by Crippen LogP contribution is -2.39. The van der Waals surface area contributed by atoms with E-state index in [0.717, 1.165) is 17.4 Å². The van der Waals surface area contributed by atoms with E-state index in [4.69, 9.17) is 9.47 Å². The normalized spacial score (nSPS) is 14.9. The van der Waals surface area contributed by atoms with Gasteiger partial charge in [0.1, 0.15) is 6.54 Å². The molecule has 3 aromatic carbocycles. The van der Waals surface area contributed by atoms with Crippen LogP contribution in [0.15, 0.2) is 59.5 Å². The molecule has 3 aromatic rings. The Hall–Kier alpha value is -3.26. The number of methoxy groups -OCH3 is 1. The third-order valence-corrected chi connectivity index (χ3v) is 7.30. The lowest BCUT2D eigenvalue weighted by molar-refractivity contribution is -0.120. The number of rotatable bonds is 8. The fourth-order valence-electron chi connectivity index (χ4n) is 3.91. The van der Waals surface area contributed by atoms with Crippen molar-refractivity contribution in [3.8, 4) is 11.5 Å². The van der Waals surface area contributed by atoms with Crippen molar-refractivity contribution in [3.63, 3.8) is 0 Å². The number of anilines is 1. The maximum atomic E-state index is 13.1. The first-order valence-electron chi connectivity index (χ1n) is 10.5. The molecule has 0 aromatic heterocycles. The van der Waals surface area contributed by atoms with Crippen LogP contribution < -0.4 is 19.1 Å². The second kappa shape index (κ2) is 8.70. The topological polar surface area (TPSA) is 84.9 Å². The fraction of sp³-hybridized carbons (Fsp3) is 0.292. The zero-order valence-corrected chi connectivity index (χ0v) is 19.1. The highest BCUT2D eigenvalue weighted by molar-refractivity contribution is 7.93. The maximum Gasteiger partial charge on any atom is 0.265 e. The number of carbonyl (C=O) groups excluding carboxylic acids is 1. The van der Waals surface area contributed by atoms with E-state index in [9.17, 15) is 13.2 Å². The summed E-state index contributed by atoms with van der Waals surface area (Å²) in [6.45, 7) is 4.15. The van der Waals surface area contributed by atoms with Crippen LogP contribution in [0, 0.1) is 0 Å². The summed E-state index contributed by atoms with van der Waals surface area (Å²) in [5, 5.41) is 4.38. The Kier molecular flexibility index (Phi) is 5.97. The number of benzene rings is 3. The summed E-state index contributed by atoms with van der Waals surface area (Å²) in [6.07, 6.45) is 0.883. The number of nitrogens with zero attached hydrogens (tertiary/aromatic N) is 1. The Morgan fingerprint density at radius 1 is 1.09 bits per heavy atom. The van der Waals surface area contributed by atoms with Crippen LogP contribution in [0.2, 0.25) is 0 Å². The summed E-state index contributed by atoms with van der Waals surface area (Å²) in [5.74, 6) is 0.836. The molecule has 168 valence electrons. The van der Waals surface area contributed by atoms with E-state index in [1.54, 1.807) is 31.4 Å². The molecule has 0 aliphatic carbocycles. The number of hydrogen-bond donors (Lipinski definition) is 1. The molecule has 1 aliphatic rings. The van der Waals surface area contributed by atoms with Gasteiger partial charge < -0.3 is 14.8 Å². The lowest BCUT2D eigenvalue weighted by Gasteiger charge is -2.21. The molecule has 0 spiro atoms. The van der Waals surface area contributed by atoms with Gasteiger partial charge in [0, 0.05) is 5.39 Å². The summed E-state index contributed by atoms with van der Waals surface area (Å²) in [7, 11) is -2.22. The van der Waals surface area contributed by atoms with Crippen molar-refractivity contribution in [2.24, 2.45) is 0 Å². The number of ether oxygens (including phenoxy) is 2. The second-order valence-corrected chi connectivity index (χ2v) is 9.52. The molecule has 4 rings (SSSR count). The van der Waals surface area contributed by atoms with Crippen LogP contribution in [0.25, 0.3) is 10.8 Å². The van der Waals surface area contributed by atoms with Crippen LogP contribution in [0.5, 0.6) is 11.5 Å². The van der Waals surface area contributed by atoms with Crippen LogP contribution in [0.4, 0.5) is 5.69 Å². The molecule has 1 N–H and O–H groups in total. The van der Waals surface area contributed by atoms with E-state index in [1.807, 2.05) is 44.2 Å². The first-order chi connectivity index (χ1) is 15.4. The molecule has 0 saturated heterocycles. The van der Waals surface area contributed by atoms with Gasteiger partial charge in [-0.05, 0) is 48.6 Å². The monoisotopic (exact) mass is 454 g/mol. The van der Waals surface area contributed by atoms with E-state index in [2.05, 4.69) is 5.32 Å². The van der Waals surface area contributed by atoms with Crippen molar-refractivity contribution in [2.45, 2.75) is 31.2 Å². The molecule has 1 unspecified atom stereocenters. The Morgan fingerprint density at radius 2 is 1.84 bits per heavy atom. The third-order valence-electron chi connectivity index (χ3n) is 5.50. The zero-order valence-electron chi connectivity index (χ0n) is 18.3. The van der Waals surface area contributed by atoms with Gasteiger partial charge in [-0.25, -0.2) is 8.42 Å². The number of nitrogens with one attached hydrogen (secondary N) is 1. The van der Waals surface area contributed by atoms with Gasteiger partial charge in [-0.3, -0.25) is 9.10 Å². The molecule has 32 heavy (non-hydrogen) atoms. The van der Waals surface area contributed by atoms with Crippen molar-refractivity contribution < 1.29 is 22.7 Å². The number of hydrogen-bond acceptors (Lipinski definition) is 5. The molecule has 8 heteroatoms. The predicted octanol–water partition coefficient (Wildman–Crippen LogP) is 4.02. The smallest absolute Gasteiger partial charge is 0.265 e. The standard InChI is InChI=1S/C24H26N2O5S/c1-4-13-31-20-12-11-18(14-21(20)30-3)16(2)25-23(27)15-26-19-9-5-7-17-8-6-10-22(24(17)19)32(26,28)29/h5-12,14,16H,4,13,15H2,1-3H3,(H,25,27). The second-order valence-electron chi connectivity index (χ2n) is 7.69. The van der Waals surface area contributed by atoms with E-state index < -0.39 is 15.9 Å². The molecular weight excluding hydrogens is 428 g/mol. The molecule has 1 heterocycles. The molecule has 1 aliphatic heterocycles. The molecule has 0 fully saturated rings. The van der Waals surface area contributed by atoms with E-state index in [0.29, 0.717) is 29.2 Å². The quantitative estimate of drug-likeness (QED) is 0.556. The van der Waals surface area contributed by atoms with E-state index >= 15 is 0 Å². The molecule has 0 radical (unpaired) electrons. The van der Waals surface area contributed by atoms with Crippen LogP contribution in [-0.2, 0) is 14.8 Å². The fourth-order valence-corrected chi connectivity index (χ4v) is 5.58. The first-order valence-corrected chi connectivity index (χ1v) is 12.0. The van der Waals surface area contributed by atoms with Crippen LogP contribution in [0.1, 0.15) is 31.9 Å². The molecule has 7 nitrogen and oxygen atoms in total. The highest BCUT2D eigenvalue weighted by Gasteiger charge is 2.36. The minimum atomic E-state index is -3.78. The lowest BCUT2D eigenvalue weighted by atomic mass is 10.1. The van der Waals surface area contributed by atoms with Gasteiger partial charge in [-0.15, -0.1) is 0 Å². The van der Waals surface area contributed by atoms with Crippen molar-refractivity contribution in [1.82, 2.24) is 5.32 Å². The molecule has 0 saturated carbocycles. The van der Waals surface area contributed by atoms with Crippen molar-refractivity contribution >= 4 is 32.4 Å². The van der Waals surface area contributed by atoms with E-state index in [-0.39, 0.29) is 17.5 Å². The van der Waals surface area contributed by atoms with E-state index in [1.165, 1.54) is 4.31 Å². The number of sulfonamides is 1. The van der Waals surface area contributed by atoms with Gasteiger partial charge in [-0.1, -0.05) is 37.3 Å². The van der Waals surface area contributed by atoms with Crippen LogP contribution in [0.3, 0.4) is 0 Å². The summed E-state index contributed by atoms with van der Waals surface area (Å²) < 4.78 is 38.4. The van der Waals surface area contributed by atoms with Gasteiger partial charge in [-0.2, -0.15) is 0 Å². The average molecular weight is 455 g/mol. The Morgan fingerprint density at radius 3 is 2.56 bits per heavy atom. The SMILES string of the molecule is CCCOc1ccc(C(C)NC(=O)CN2c3cccc4cccc(c34)S2(=O)=O)cc1OC. The highest BCUT2D eigenvalue weighted by Crippen LogP contribution is 2.41. The largest absolute Gasteiger partial charge is 0.493 e. The van der Waals surface area contributed by atoms with Crippen molar-refractivity contribution in [3.05, 3.63) is 60.2 Å². The molecule has 0 bridgehead atoms. The average Bonchev–Trinajstić information content (AvgIpc) is 3.00. The number of amides is 1. The van der Waals surface area contributed by atoms with Crippen LogP contribution in [-0.4, -0.2) is 34.6 Å². The van der Waals surface area contributed by atoms with Gasteiger partial charge in [0.25, 0.3) is 10.0 Å². The van der Waals surface area contributed by atoms with Gasteiger partial charge >= 0.3 is 0 Å². The summed E-state index contributed by atoms with van der Waals surface area (Å²) >= 11 is 0. The summed E-state index contributed by atoms with van der Waals surface area (Å²) in [5.41, 5.74) is 1.36. The van der Waals surface area contributed by atoms with Crippen LogP contribution >= 0.6 is 0 Å². The molecule has 1 atom stereocenters. The summed E-state index contributed by atoms with van der Waals surface area (Å²) in [4.78, 5) is 13.1. The highest BCUT2D eigenvalue weighted by atomic mass is 32.2. The maximum absolute atomic E-state index is 13.1. The van der Waals surface area contributed by atoms with Crippen molar-refractivity contribution in [2.75, 3.05) is 24.6 Å². The summed E-state index contributed by atoms with van der Waals surface area (Å²) in [6, 6.07) is 15.7. The first kappa shape index (κ1) is 22.0. The Balaban J connectivity index is 1.52. The Bertz CT molecular complexity index is 1270. The van der Waals surface area contributed by atoms with Gasteiger partial charge in [0.2, 0.25) is 5.91 Å². The predicted molar refractivity (Wildman–Crippen MR) is 124 cm³/mol. The van der Waals surface area contributed by atoms with Crippen molar-refractivity contribution in [1.29, 1.82) is 0 Å².